The number of benzene rings is 1. The van der Waals surface area contributed by atoms with Crippen LogP contribution in [0.2, 0.25) is 0 Å². The average molecular weight is 269 g/mol. The molecule has 94 valence electrons. The third kappa shape index (κ3) is 4.65. The van der Waals surface area contributed by atoms with Crippen LogP contribution >= 0.6 is 24.8 Å². The van der Waals surface area contributed by atoms with Crippen LogP contribution in [0.15, 0.2) is 24.3 Å². The van der Waals surface area contributed by atoms with Crippen molar-refractivity contribution >= 4 is 24.8 Å². The van der Waals surface area contributed by atoms with Gasteiger partial charge in [-0.1, -0.05) is 24.3 Å². The van der Waals surface area contributed by atoms with E-state index in [1.165, 1.54) is 0 Å². The zero-order valence-electron chi connectivity index (χ0n) is 8.74. The molecule has 2 unspecified atom stereocenters. The molecule has 6 N–H and O–H groups in total. The Labute approximate surface area is 107 Å². The highest BCUT2D eigenvalue weighted by Crippen LogP contribution is 2.16. The van der Waals surface area contributed by atoms with Gasteiger partial charge in [0.05, 0.1) is 12.2 Å². The predicted octanol–water partition coefficient (Wildman–Crippen LogP) is 0.514. The average Bonchev–Trinajstić information content (AvgIpc) is 2.27. The number of aliphatic hydroxyl groups excluding tert-OH is 2. The highest BCUT2D eigenvalue weighted by molar-refractivity contribution is 5.85. The van der Waals surface area contributed by atoms with Gasteiger partial charge < -0.3 is 21.7 Å². The summed E-state index contributed by atoms with van der Waals surface area (Å²) in [5.74, 6) is 0. The zero-order valence-corrected chi connectivity index (χ0v) is 10.4. The van der Waals surface area contributed by atoms with Gasteiger partial charge in [-0.15, -0.1) is 24.8 Å². The van der Waals surface area contributed by atoms with E-state index in [0.717, 1.165) is 11.1 Å². The van der Waals surface area contributed by atoms with Gasteiger partial charge in [-0.25, -0.2) is 0 Å². The molecule has 0 radical (unpaired) electrons. The number of halogens is 2. The van der Waals surface area contributed by atoms with E-state index in [1.807, 2.05) is 0 Å². The Hall–Kier alpha value is -0.360. The van der Waals surface area contributed by atoms with E-state index in [4.69, 9.17) is 11.5 Å². The number of hydrogen-bond donors (Lipinski definition) is 4. The molecule has 0 aromatic heterocycles. The third-order valence-corrected chi connectivity index (χ3v) is 2.15. The maximum atomic E-state index is 9.40. The predicted molar refractivity (Wildman–Crippen MR) is 69.0 cm³/mol. The lowest BCUT2D eigenvalue weighted by molar-refractivity contribution is 0.183. The normalized spacial score (nSPS) is 13.2. The van der Waals surface area contributed by atoms with Crippen LogP contribution in [-0.4, -0.2) is 23.3 Å². The van der Waals surface area contributed by atoms with Crippen LogP contribution in [0.25, 0.3) is 0 Å². The van der Waals surface area contributed by atoms with Gasteiger partial charge in [-0.3, -0.25) is 0 Å². The van der Waals surface area contributed by atoms with Crippen molar-refractivity contribution in [2.75, 3.05) is 13.1 Å². The van der Waals surface area contributed by atoms with Gasteiger partial charge in [0.25, 0.3) is 0 Å². The smallest absolute Gasteiger partial charge is 0.0912 e. The number of hydrogen-bond acceptors (Lipinski definition) is 4. The molecule has 1 aromatic rings. The number of rotatable bonds is 4. The summed E-state index contributed by atoms with van der Waals surface area (Å²) < 4.78 is 0. The minimum atomic E-state index is -0.640. The first-order valence-electron chi connectivity index (χ1n) is 4.55. The molecule has 0 bridgehead atoms. The van der Waals surface area contributed by atoms with E-state index in [0.29, 0.717) is 0 Å². The SMILES string of the molecule is Cl.Cl.NCC(O)c1ccc(C(O)CN)cc1. The van der Waals surface area contributed by atoms with E-state index in [9.17, 15) is 10.2 Å². The summed E-state index contributed by atoms with van der Waals surface area (Å²) in [5.41, 5.74) is 12.1. The largest absolute Gasteiger partial charge is 0.387 e. The first-order chi connectivity index (χ1) is 6.69. The van der Waals surface area contributed by atoms with Crippen LogP contribution in [0.1, 0.15) is 23.3 Å². The van der Waals surface area contributed by atoms with Crippen molar-refractivity contribution < 1.29 is 10.2 Å². The van der Waals surface area contributed by atoms with E-state index in [-0.39, 0.29) is 37.9 Å². The van der Waals surface area contributed by atoms with Crippen molar-refractivity contribution in [2.24, 2.45) is 11.5 Å². The monoisotopic (exact) mass is 268 g/mol. The molecule has 6 heteroatoms. The van der Waals surface area contributed by atoms with Gasteiger partial charge in [0, 0.05) is 13.1 Å². The lowest BCUT2D eigenvalue weighted by atomic mass is 10.0. The third-order valence-electron chi connectivity index (χ3n) is 2.15. The molecule has 0 fully saturated rings. The summed E-state index contributed by atoms with van der Waals surface area (Å²) >= 11 is 0. The molecule has 16 heavy (non-hydrogen) atoms. The van der Waals surface area contributed by atoms with Crippen molar-refractivity contribution in [3.8, 4) is 0 Å². The minimum Gasteiger partial charge on any atom is -0.387 e. The molecule has 2 atom stereocenters. The summed E-state index contributed by atoms with van der Waals surface area (Å²) in [4.78, 5) is 0. The highest BCUT2D eigenvalue weighted by Gasteiger charge is 2.07. The van der Waals surface area contributed by atoms with Crippen LogP contribution in [0.5, 0.6) is 0 Å². The van der Waals surface area contributed by atoms with Crippen molar-refractivity contribution in [3.05, 3.63) is 35.4 Å². The Morgan fingerprint density at radius 2 is 1.06 bits per heavy atom. The van der Waals surface area contributed by atoms with Crippen molar-refractivity contribution in [2.45, 2.75) is 12.2 Å². The van der Waals surface area contributed by atoms with Crippen LogP contribution in [0, 0.1) is 0 Å². The fraction of sp³-hybridized carbons (Fsp3) is 0.400. The summed E-state index contributed by atoms with van der Waals surface area (Å²) in [6.07, 6.45) is -1.28. The fourth-order valence-electron chi connectivity index (χ4n) is 1.21. The molecule has 0 spiro atoms. The van der Waals surface area contributed by atoms with Crippen LogP contribution in [-0.2, 0) is 0 Å². The molecule has 0 amide bonds. The molecule has 1 rings (SSSR count). The fourth-order valence-corrected chi connectivity index (χ4v) is 1.21. The molecule has 0 heterocycles. The molecule has 0 saturated carbocycles. The Balaban J connectivity index is 0. The molecule has 0 aliphatic heterocycles. The molecule has 0 aliphatic carbocycles. The molecule has 4 nitrogen and oxygen atoms in total. The molecular formula is C10H18Cl2N2O2. The maximum Gasteiger partial charge on any atom is 0.0912 e. The first-order valence-corrected chi connectivity index (χ1v) is 4.55. The van der Waals surface area contributed by atoms with E-state index in [2.05, 4.69) is 0 Å². The highest BCUT2D eigenvalue weighted by atomic mass is 35.5. The number of aliphatic hydroxyl groups is 2. The zero-order chi connectivity index (χ0) is 10.6. The lowest BCUT2D eigenvalue weighted by Crippen LogP contribution is -2.13. The second-order valence-electron chi connectivity index (χ2n) is 3.17. The quantitative estimate of drug-likeness (QED) is 0.641. The summed E-state index contributed by atoms with van der Waals surface area (Å²) in [5, 5.41) is 18.8. The van der Waals surface area contributed by atoms with Crippen molar-refractivity contribution in [1.29, 1.82) is 0 Å². The van der Waals surface area contributed by atoms with E-state index in [1.54, 1.807) is 24.3 Å². The minimum absolute atomic E-state index is 0. The summed E-state index contributed by atoms with van der Waals surface area (Å²) in [6.45, 7) is 0.386. The van der Waals surface area contributed by atoms with Gasteiger partial charge in [0.2, 0.25) is 0 Å². The van der Waals surface area contributed by atoms with Crippen LogP contribution in [0.4, 0.5) is 0 Å². The van der Waals surface area contributed by atoms with Gasteiger partial charge in [-0.2, -0.15) is 0 Å². The lowest BCUT2D eigenvalue weighted by Gasteiger charge is -2.11. The van der Waals surface area contributed by atoms with Crippen molar-refractivity contribution in [1.82, 2.24) is 0 Å². The van der Waals surface area contributed by atoms with Crippen LogP contribution < -0.4 is 11.5 Å². The Morgan fingerprint density at radius 3 is 1.25 bits per heavy atom. The van der Waals surface area contributed by atoms with Crippen LogP contribution in [0.3, 0.4) is 0 Å². The second kappa shape index (κ2) is 8.75. The van der Waals surface area contributed by atoms with E-state index < -0.39 is 12.2 Å². The Morgan fingerprint density at radius 1 is 0.812 bits per heavy atom. The second-order valence-corrected chi connectivity index (χ2v) is 3.17. The maximum absolute atomic E-state index is 9.40. The van der Waals surface area contributed by atoms with Gasteiger partial charge in [0.1, 0.15) is 0 Å². The molecule has 1 aromatic carbocycles. The molecule has 0 saturated heterocycles. The number of nitrogens with two attached hydrogens (primary N) is 2. The summed E-state index contributed by atoms with van der Waals surface area (Å²) in [6, 6.07) is 6.97. The van der Waals surface area contributed by atoms with Gasteiger partial charge in [0.15, 0.2) is 0 Å². The summed E-state index contributed by atoms with van der Waals surface area (Å²) in [7, 11) is 0. The molecule has 0 aliphatic rings. The standard InChI is InChI=1S/C10H16N2O2.2ClH/c11-5-9(13)7-1-2-8(4-3-7)10(14)6-12;;/h1-4,9-10,13-14H,5-6,11-12H2;2*1H. The van der Waals surface area contributed by atoms with E-state index >= 15 is 0 Å². The topological polar surface area (TPSA) is 92.5 Å². The first kappa shape index (κ1) is 18.0. The van der Waals surface area contributed by atoms with Crippen molar-refractivity contribution in [3.63, 3.8) is 0 Å². The molecular weight excluding hydrogens is 251 g/mol. The Kier molecular flexibility index (Phi) is 9.86. The Bertz CT molecular complexity index is 254. The van der Waals surface area contributed by atoms with Gasteiger partial charge in [-0.05, 0) is 11.1 Å². The van der Waals surface area contributed by atoms with Gasteiger partial charge >= 0.3 is 0 Å².